The van der Waals surface area contributed by atoms with E-state index in [4.69, 9.17) is 4.74 Å². The first-order chi connectivity index (χ1) is 12.7. The zero-order valence-electron chi connectivity index (χ0n) is 14.9. The first kappa shape index (κ1) is 17.0. The third-order valence-corrected chi connectivity index (χ3v) is 5.73. The van der Waals surface area contributed by atoms with Crippen LogP contribution in [0.4, 0.5) is 0 Å². The number of rotatable bonds is 4. The Bertz CT molecular complexity index is 896. The molecular formula is C21H22N2O2S. The summed E-state index contributed by atoms with van der Waals surface area (Å²) < 4.78 is 6.11. The van der Waals surface area contributed by atoms with Gasteiger partial charge in [-0.3, -0.25) is 4.79 Å². The van der Waals surface area contributed by atoms with Gasteiger partial charge in [-0.05, 0) is 35.2 Å². The highest BCUT2D eigenvalue weighted by Crippen LogP contribution is 2.27. The Labute approximate surface area is 157 Å². The normalized spacial score (nSPS) is 15.3. The summed E-state index contributed by atoms with van der Waals surface area (Å²) in [5.74, 6) is 1.13. The summed E-state index contributed by atoms with van der Waals surface area (Å²) in [5, 5.41) is 3.25. The van der Waals surface area contributed by atoms with Crippen molar-refractivity contribution < 1.29 is 9.53 Å². The molecule has 0 unspecified atom stereocenters. The van der Waals surface area contributed by atoms with E-state index in [9.17, 15) is 4.79 Å². The molecule has 0 bridgehead atoms. The van der Waals surface area contributed by atoms with Gasteiger partial charge in [0.15, 0.2) is 0 Å². The van der Waals surface area contributed by atoms with Gasteiger partial charge in [0, 0.05) is 49.5 Å². The first-order valence-electron chi connectivity index (χ1n) is 9.11. The molecule has 0 atom stereocenters. The van der Waals surface area contributed by atoms with Crippen LogP contribution in [0.25, 0.3) is 21.3 Å². The van der Waals surface area contributed by atoms with Gasteiger partial charge in [0.25, 0.3) is 0 Å². The van der Waals surface area contributed by atoms with Gasteiger partial charge in [-0.15, -0.1) is 11.3 Å². The van der Waals surface area contributed by atoms with Gasteiger partial charge in [-0.1, -0.05) is 19.1 Å². The standard InChI is InChI=1S/C21H22N2O2S/c1-2-20(24)23-10-7-19(8-11-23)25-18-5-3-15(4-6-18)17-13-16-9-12-26-21(16)22-14-17/h3-6,9,12-14,19H,2,7-8,10-11H2,1H3. The van der Waals surface area contributed by atoms with E-state index < -0.39 is 0 Å². The van der Waals surface area contributed by atoms with Crippen LogP contribution in [0.1, 0.15) is 26.2 Å². The molecule has 3 heterocycles. The van der Waals surface area contributed by atoms with Crippen molar-refractivity contribution in [2.24, 2.45) is 0 Å². The minimum atomic E-state index is 0.186. The second kappa shape index (κ2) is 7.46. The fraction of sp³-hybridized carbons (Fsp3) is 0.333. The van der Waals surface area contributed by atoms with Crippen LogP contribution in [0.5, 0.6) is 5.75 Å². The molecule has 2 aromatic heterocycles. The van der Waals surface area contributed by atoms with Crippen LogP contribution in [0, 0.1) is 0 Å². The van der Waals surface area contributed by atoms with Gasteiger partial charge in [0.05, 0.1) is 0 Å². The van der Waals surface area contributed by atoms with Gasteiger partial charge in [-0.2, -0.15) is 0 Å². The van der Waals surface area contributed by atoms with Crippen LogP contribution in [0.15, 0.2) is 48.0 Å². The van der Waals surface area contributed by atoms with Gasteiger partial charge < -0.3 is 9.64 Å². The van der Waals surface area contributed by atoms with Crippen LogP contribution in [-0.4, -0.2) is 35.0 Å². The van der Waals surface area contributed by atoms with Crippen molar-refractivity contribution >= 4 is 27.5 Å². The molecule has 1 amide bonds. The average molecular weight is 366 g/mol. The molecule has 0 N–H and O–H groups in total. The van der Waals surface area contributed by atoms with E-state index in [-0.39, 0.29) is 12.0 Å². The van der Waals surface area contributed by atoms with E-state index >= 15 is 0 Å². The number of piperidine rings is 1. The number of hydrogen-bond donors (Lipinski definition) is 0. The molecule has 134 valence electrons. The lowest BCUT2D eigenvalue weighted by Crippen LogP contribution is -2.41. The Kier molecular flexibility index (Phi) is 4.89. The van der Waals surface area contributed by atoms with Gasteiger partial charge in [0.1, 0.15) is 16.7 Å². The predicted octanol–water partition coefficient (Wildman–Crippen LogP) is 4.74. The zero-order chi connectivity index (χ0) is 17.9. The molecule has 5 heteroatoms. The molecule has 26 heavy (non-hydrogen) atoms. The highest BCUT2D eigenvalue weighted by molar-refractivity contribution is 7.16. The number of carbonyl (C=O) groups excluding carboxylic acids is 1. The summed E-state index contributed by atoms with van der Waals surface area (Å²) >= 11 is 1.66. The monoisotopic (exact) mass is 366 g/mol. The number of likely N-dealkylation sites (tertiary alicyclic amines) is 1. The summed E-state index contributed by atoms with van der Waals surface area (Å²) in [7, 11) is 0. The van der Waals surface area contributed by atoms with E-state index in [0.29, 0.717) is 6.42 Å². The Hall–Kier alpha value is -2.40. The van der Waals surface area contributed by atoms with E-state index in [2.05, 4.69) is 34.6 Å². The fourth-order valence-corrected chi connectivity index (χ4v) is 4.10. The number of aromatic nitrogens is 1. The van der Waals surface area contributed by atoms with E-state index in [1.165, 1.54) is 5.39 Å². The Morgan fingerprint density at radius 1 is 1.19 bits per heavy atom. The van der Waals surface area contributed by atoms with Crippen molar-refractivity contribution in [1.82, 2.24) is 9.88 Å². The van der Waals surface area contributed by atoms with Crippen LogP contribution >= 0.6 is 11.3 Å². The largest absolute Gasteiger partial charge is 0.490 e. The number of pyridine rings is 1. The Balaban J connectivity index is 1.39. The highest BCUT2D eigenvalue weighted by atomic mass is 32.1. The summed E-state index contributed by atoms with van der Waals surface area (Å²) in [5.41, 5.74) is 2.26. The lowest BCUT2D eigenvalue weighted by atomic mass is 10.1. The molecule has 1 aromatic carbocycles. The number of amides is 1. The highest BCUT2D eigenvalue weighted by Gasteiger charge is 2.22. The molecule has 3 aromatic rings. The van der Waals surface area contributed by atoms with E-state index in [1.54, 1.807) is 11.3 Å². The molecule has 0 aliphatic carbocycles. The molecule has 4 rings (SSSR count). The number of benzene rings is 1. The maximum atomic E-state index is 11.7. The van der Waals surface area contributed by atoms with Crippen LogP contribution < -0.4 is 4.74 Å². The van der Waals surface area contributed by atoms with Gasteiger partial charge in [-0.25, -0.2) is 4.98 Å². The molecule has 1 aliphatic heterocycles. The first-order valence-corrected chi connectivity index (χ1v) is 9.99. The van der Waals surface area contributed by atoms with Gasteiger partial charge in [0.2, 0.25) is 5.91 Å². The molecule has 0 radical (unpaired) electrons. The molecule has 1 aliphatic rings. The van der Waals surface area contributed by atoms with E-state index in [1.807, 2.05) is 30.2 Å². The van der Waals surface area contributed by atoms with Crippen molar-refractivity contribution in [3.8, 4) is 16.9 Å². The SMILES string of the molecule is CCC(=O)N1CCC(Oc2ccc(-c3cnc4sccc4c3)cc2)CC1. The number of thiophene rings is 1. The summed E-state index contributed by atoms with van der Waals surface area (Å²) in [6.45, 7) is 3.50. The topological polar surface area (TPSA) is 42.4 Å². The Morgan fingerprint density at radius 2 is 1.96 bits per heavy atom. The van der Waals surface area contributed by atoms with Crippen LogP contribution in [-0.2, 0) is 4.79 Å². The maximum Gasteiger partial charge on any atom is 0.222 e. The zero-order valence-corrected chi connectivity index (χ0v) is 15.7. The maximum absolute atomic E-state index is 11.7. The molecule has 4 nitrogen and oxygen atoms in total. The minimum Gasteiger partial charge on any atom is -0.490 e. The summed E-state index contributed by atoms with van der Waals surface area (Å²) in [6.07, 6.45) is 4.48. The summed E-state index contributed by atoms with van der Waals surface area (Å²) in [4.78, 5) is 19.3. The quantitative estimate of drug-likeness (QED) is 0.669. The Morgan fingerprint density at radius 3 is 2.69 bits per heavy atom. The molecule has 0 spiro atoms. The average Bonchev–Trinajstić information content (AvgIpc) is 3.16. The lowest BCUT2D eigenvalue weighted by Gasteiger charge is -2.32. The van der Waals surface area contributed by atoms with Crippen molar-refractivity contribution in [1.29, 1.82) is 0 Å². The smallest absolute Gasteiger partial charge is 0.222 e. The molecule has 1 saturated heterocycles. The van der Waals surface area contributed by atoms with Crippen molar-refractivity contribution in [3.05, 3.63) is 48.0 Å². The second-order valence-electron chi connectivity index (χ2n) is 6.61. The number of nitrogens with zero attached hydrogens (tertiary/aromatic N) is 2. The minimum absolute atomic E-state index is 0.186. The van der Waals surface area contributed by atoms with Gasteiger partial charge >= 0.3 is 0 Å². The van der Waals surface area contributed by atoms with Crippen LogP contribution in [0.2, 0.25) is 0 Å². The van der Waals surface area contributed by atoms with Crippen molar-refractivity contribution in [3.63, 3.8) is 0 Å². The number of ether oxygens (including phenoxy) is 1. The number of fused-ring (bicyclic) bond motifs is 1. The van der Waals surface area contributed by atoms with Crippen molar-refractivity contribution in [2.75, 3.05) is 13.1 Å². The summed E-state index contributed by atoms with van der Waals surface area (Å²) in [6, 6.07) is 12.5. The lowest BCUT2D eigenvalue weighted by molar-refractivity contribution is -0.132. The van der Waals surface area contributed by atoms with Crippen molar-refractivity contribution in [2.45, 2.75) is 32.3 Å². The second-order valence-corrected chi connectivity index (χ2v) is 7.51. The number of hydrogen-bond acceptors (Lipinski definition) is 4. The van der Waals surface area contributed by atoms with E-state index in [0.717, 1.165) is 47.6 Å². The predicted molar refractivity (Wildman–Crippen MR) is 106 cm³/mol. The molecular weight excluding hydrogens is 344 g/mol. The van der Waals surface area contributed by atoms with Crippen LogP contribution in [0.3, 0.4) is 0 Å². The third kappa shape index (κ3) is 3.58. The molecule has 1 fully saturated rings. The third-order valence-electron chi connectivity index (χ3n) is 4.89. The molecule has 0 saturated carbocycles. The number of carbonyl (C=O) groups is 1. The fourth-order valence-electron chi connectivity index (χ4n) is 3.38.